The first-order valence-electron chi connectivity index (χ1n) is 8.51. The van der Waals surface area contributed by atoms with Crippen molar-refractivity contribution in [2.24, 2.45) is 0 Å². The van der Waals surface area contributed by atoms with Crippen molar-refractivity contribution in [1.82, 2.24) is 4.98 Å². The summed E-state index contributed by atoms with van der Waals surface area (Å²) in [5.41, 5.74) is 2.35. The standard InChI is InChI=1S/C22H17NO3/c24-20(14-13-15-7-2-1-3-8-15)26-19-12-6-11-18-21(19)22(25)16-9-4-5-10-17(16)23-18/h1-12H,13-14H2,(H,23,25). The van der Waals surface area contributed by atoms with Gasteiger partial charge in [0.1, 0.15) is 5.75 Å². The minimum Gasteiger partial charge on any atom is -0.426 e. The van der Waals surface area contributed by atoms with Gasteiger partial charge in [-0.1, -0.05) is 48.5 Å². The highest BCUT2D eigenvalue weighted by Gasteiger charge is 2.13. The lowest BCUT2D eigenvalue weighted by atomic mass is 10.1. The van der Waals surface area contributed by atoms with Crippen LogP contribution in [0.25, 0.3) is 21.8 Å². The van der Waals surface area contributed by atoms with E-state index < -0.39 is 0 Å². The number of esters is 1. The number of fused-ring (bicyclic) bond motifs is 2. The molecule has 0 saturated heterocycles. The number of aromatic amines is 1. The maximum atomic E-state index is 12.9. The Hall–Kier alpha value is -3.40. The van der Waals surface area contributed by atoms with E-state index in [4.69, 9.17) is 4.74 Å². The maximum absolute atomic E-state index is 12.9. The summed E-state index contributed by atoms with van der Waals surface area (Å²) in [5.74, 6) is -0.0542. The van der Waals surface area contributed by atoms with Crippen LogP contribution in [0.3, 0.4) is 0 Å². The Kier molecular flexibility index (Phi) is 4.23. The molecule has 3 aromatic carbocycles. The number of carbonyl (C=O) groups is 1. The molecular weight excluding hydrogens is 326 g/mol. The first kappa shape index (κ1) is 16.1. The molecule has 4 heteroatoms. The van der Waals surface area contributed by atoms with E-state index in [0.29, 0.717) is 28.5 Å². The fourth-order valence-electron chi connectivity index (χ4n) is 3.09. The Morgan fingerprint density at radius 2 is 1.58 bits per heavy atom. The van der Waals surface area contributed by atoms with E-state index in [0.717, 1.165) is 11.1 Å². The van der Waals surface area contributed by atoms with Crippen molar-refractivity contribution >= 4 is 27.8 Å². The Morgan fingerprint density at radius 3 is 2.42 bits per heavy atom. The molecule has 0 amide bonds. The maximum Gasteiger partial charge on any atom is 0.311 e. The zero-order chi connectivity index (χ0) is 17.9. The molecule has 4 aromatic rings. The Balaban J connectivity index is 1.65. The molecule has 0 fully saturated rings. The van der Waals surface area contributed by atoms with Crippen molar-refractivity contribution in [2.45, 2.75) is 12.8 Å². The number of hydrogen-bond donors (Lipinski definition) is 1. The molecular formula is C22H17NO3. The van der Waals surface area contributed by atoms with Gasteiger partial charge in [0.25, 0.3) is 0 Å². The number of pyridine rings is 1. The van der Waals surface area contributed by atoms with Crippen LogP contribution in [-0.2, 0) is 11.2 Å². The molecule has 0 radical (unpaired) electrons. The van der Waals surface area contributed by atoms with Gasteiger partial charge in [0, 0.05) is 17.3 Å². The summed E-state index contributed by atoms with van der Waals surface area (Å²) in [6.07, 6.45) is 0.857. The Morgan fingerprint density at radius 1 is 0.846 bits per heavy atom. The van der Waals surface area contributed by atoms with Crippen LogP contribution in [0.4, 0.5) is 0 Å². The highest BCUT2D eigenvalue weighted by atomic mass is 16.5. The van der Waals surface area contributed by atoms with Crippen LogP contribution in [0.5, 0.6) is 5.75 Å². The molecule has 128 valence electrons. The molecule has 0 unspecified atom stereocenters. The molecule has 0 saturated carbocycles. The Labute approximate surface area is 150 Å². The van der Waals surface area contributed by atoms with Gasteiger partial charge in [-0.2, -0.15) is 0 Å². The summed E-state index contributed by atoms with van der Waals surface area (Å²) in [5, 5.41) is 0.979. The van der Waals surface area contributed by atoms with Gasteiger partial charge >= 0.3 is 5.97 Å². The van der Waals surface area contributed by atoms with Crippen LogP contribution in [0, 0.1) is 0 Å². The fraction of sp³-hybridized carbons (Fsp3) is 0.0909. The van der Waals surface area contributed by atoms with Crippen molar-refractivity contribution in [3.63, 3.8) is 0 Å². The summed E-state index contributed by atoms with van der Waals surface area (Å²) >= 11 is 0. The van der Waals surface area contributed by atoms with Gasteiger partial charge in [0.2, 0.25) is 5.43 Å². The number of hydrogen-bond acceptors (Lipinski definition) is 3. The van der Waals surface area contributed by atoms with Crippen molar-refractivity contribution in [1.29, 1.82) is 0 Å². The number of benzene rings is 3. The first-order valence-corrected chi connectivity index (χ1v) is 8.51. The summed E-state index contributed by atoms with van der Waals surface area (Å²) < 4.78 is 5.52. The van der Waals surface area contributed by atoms with E-state index in [2.05, 4.69) is 4.98 Å². The average Bonchev–Trinajstić information content (AvgIpc) is 2.67. The third-order valence-electron chi connectivity index (χ3n) is 4.38. The molecule has 0 aliphatic heterocycles. The van der Waals surface area contributed by atoms with Crippen LogP contribution < -0.4 is 10.2 Å². The molecule has 0 aliphatic carbocycles. The molecule has 4 nitrogen and oxygen atoms in total. The van der Waals surface area contributed by atoms with Gasteiger partial charge in [-0.15, -0.1) is 0 Å². The number of aryl methyl sites for hydroxylation is 1. The first-order chi connectivity index (χ1) is 12.7. The van der Waals surface area contributed by atoms with Crippen LogP contribution in [0.2, 0.25) is 0 Å². The lowest BCUT2D eigenvalue weighted by molar-refractivity contribution is -0.134. The zero-order valence-corrected chi connectivity index (χ0v) is 14.1. The number of carbonyl (C=O) groups excluding carboxylic acids is 1. The van der Waals surface area contributed by atoms with Gasteiger partial charge in [0.05, 0.1) is 10.9 Å². The van der Waals surface area contributed by atoms with E-state index in [1.165, 1.54) is 0 Å². The third kappa shape index (κ3) is 3.09. The summed E-state index contributed by atoms with van der Waals surface area (Å²) in [6.45, 7) is 0. The van der Waals surface area contributed by atoms with E-state index >= 15 is 0 Å². The topological polar surface area (TPSA) is 59.2 Å². The highest BCUT2D eigenvalue weighted by Crippen LogP contribution is 2.24. The molecule has 0 aliphatic rings. The molecule has 26 heavy (non-hydrogen) atoms. The second-order valence-corrected chi connectivity index (χ2v) is 6.14. The molecule has 1 aromatic heterocycles. The van der Waals surface area contributed by atoms with Gasteiger partial charge in [-0.05, 0) is 36.2 Å². The van der Waals surface area contributed by atoms with Crippen LogP contribution >= 0.6 is 0 Å². The largest absolute Gasteiger partial charge is 0.426 e. The number of aromatic nitrogens is 1. The fourth-order valence-corrected chi connectivity index (χ4v) is 3.09. The SMILES string of the molecule is O=C(CCc1ccccc1)Oc1cccc2[nH]c3ccccc3c(=O)c12. The van der Waals surface area contributed by atoms with Crippen LogP contribution in [0.15, 0.2) is 77.6 Å². The van der Waals surface area contributed by atoms with E-state index in [1.54, 1.807) is 18.2 Å². The van der Waals surface area contributed by atoms with Crippen LogP contribution in [-0.4, -0.2) is 11.0 Å². The molecule has 0 spiro atoms. The van der Waals surface area contributed by atoms with Crippen molar-refractivity contribution in [2.75, 3.05) is 0 Å². The lowest BCUT2D eigenvalue weighted by Crippen LogP contribution is -2.12. The number of rotatable bonds is 4. The second kappa shape index (κ2) is 6.84. The van der Waals surface area contributed by atoms with Crippen LogP contribution in [0.1, 0.15) is 12.0 Å². The molecule has 4 rings (SSSR count). The quantitative estimate of drug-likeness (QED) is 0.343. The molecule has 1 heterocycles. The predicted octanol–water partition coefficient (Wildman–Crippen LogP) is 4.22. The zero-order valence-electron chi connectivity index (χ0n) is 14.1. The normalized spacial score (nSPS) is 10.9. The van der Waals surface area contributed by atoms with Crippen molar-refractivity contribution in [3.05, 3.63) is 88.6 Å². The van der Waals surface area contributed by atoms with Gasteiger partial charge < -0.3 is 9.72 Å². The predicted molar refractivity (Wildman–Crippen MR) is 102 cm³/mol. The van der Waals surface area contributed by atoms with E-state index in [-0.39, 0.29) is 17.8 Å². The molecule has 1 N–H and O–H groups in total. The number of para-hydroxylation sites is 1. The number of ether oxygens (including phenoxy) is 1. The van der Waals surface area contributed by atoms with E-state index in [9.17, 15) is 9.59 Å². The van der Waals surface area contributed by atoms with E-state index in [1.807, 2.05) is 54.6 Å². The smallest absolute Gasteiger partial charge is 0.311 e. The highest BCUT2D eigenvalue weighted by molar-refractivity contribution is 5.96. The minimum atomic E-state index is -0.353. The van der Waals surface area contributed by atoms with Gasteiger partial charge in [0.15, 0.2) is 0 Å². The summed E-state index contributed by atoms with van der Waals surface area (Å²) in [4.78, 5) is 28.4. The average molecular weight is 343 g/mol. The third-order valence-corrected chi connectivity index (χ3v) is 4.38. The van der Waals surface area contributed by atoms with Gasteiger partial charge in [-0.3, -0.25) is 9.59 Å². The number of nitrogens with one attached hydrogen (secondary N) is 1. The molecule has 0 atom stereocenters. The summed E-state index contributed by atoms with van der Waals surface area (Å²) in [7, 11) is 0. The monoisotopic (exact) mass is 343 g/mol. The Bertz CT molecular complexity index is 1150. The van der Waals surface area contributed by atoms with Crippen molar-refractivity contribution in [3.8, 4) is 5.75 Å². The van der Waals surface area contributed by atoms with Gasteiger partial charge in [-0.25, -0.2) is 0 Å². The second-order valence-electron chi connectivity index (χ2n) is 6.14. The summed E-state index contributed by atoms with van der Waals surface area (Å²) in [6, 6.07) is 22.3. The minimum absolute atomic E-state index is 0.138. The van der Waals surface area contributed by atoms with Crippen molar-refractivity contribution < 1.29 is 9.53 Å². The molecule has 0 bridgehead atoms. The number of H-pyrrole nitrogens is 1. The lowest BCUT2D eigenvalue weighted by Gasteiger charge is -2.09.